The Hall–Kier alpha value is -3.84. The number of aliphatic hydroxyl groups excluding tert-OH is 5. The molecule has 2 saturated heterocycles. The zero-order valence-electron chi connectivity index (χ0n) is 38.0. The number of nitrogens with one attached hydrogen (secondary N) is 5. The average molecular weight is 939 g/mol. The lowest BCUT2D eigenvalue weighted by molar-refractivity contribution is -0.319. The SMILES string of the molecule is C[C@@H]1O[C@@H](O[C@@H]2[C@@H](NC(=O)c3cc(=O)[nH]c(=O)[nH]3)C[C@@H](C(=O)NCCNC(=O)[C@H]3CC[C@H](O)CC3)C[C@H]2O[C@H]2C[C@@H](O[C@@H](CC3CCCCC3)C(=O)N(C)C)[C@@H](O)[C@@H](CO)O2)[C@@H](O)C[C@@H]1O. The molecule has 22 nitrogen and oxygen atoms in total. The second-order valence-electron chi connectivity index (χ2n) is 18.8. The monoisotopic (exact) mass is 938 g/mol. The maximum Gasteiger partial charge on any atom is 0.326 e. The highest BCUT2D eigenvalue weighted by Crippen LogP contribution is 2.37. The molecule has 0 radical (unpaired) electrons. The molecule has 2 aliphatic heterocycles. The average Bonchev–Trinajstić information content (AvgIpc) is 3.28. The third kappa shape index (κ3) is 13.9. The van der Waals surface area contributed by atoms with Crippen molar-refractivity contribution in [1.82, 2.24) is 30.8 Å². The molecule has 4 amide bonds. The predicted octanol–water partition coefficient (Wildman–Crippen LogP) is -1.74. The van der Waals surface area contributed by atoms with E-state index in [4.69, 9.17) is 23.7 Å². The number of aromatic nitrogens is 2. The van der Waals surface area contributed by atoms with E-state index in [-0.39, 0.29) is 62.4 Å². The number of nitrogens with zero attached hydrogens (tertiary/aromatic N) is 1. The van der Waals surface area contributed by atoms with Crippen LogP contribution in [0.1, 0.15) is 107 Å². The van der Waals surface area contributed by atoms with E-state index in [9.17, 15) is 54.3 Å². The summed E-state index contributed by atoms with van der Waals surface area (Å²) in [4.78, 5) is 84.3. The van der Waals surface area contributed by atoms with Crippen molar-refractivity contribution < 1.29 is 68.4 Å². The van der Waals surface area contributed by atoms with E-state index in [0.717, 1.165) is 38.2 Å². The zero-order chi connectivity index (χ0) is 47.7. The molecule has 372 valence electrons. The third-order valence-corrected chi connectivity index (χ3v) is 13.6. The fourth-order valence-corrected chi connectivity index (χ4v) is 9.85. The predicted molar refractivity (Wildman–Crippen MR) is 231 cm³/mol. The highest BCUT2D eigenvalue weighted by Gasteiger charge is 2.49. The number of likely N-dealkylation sites (N-methyl/N-ethyl adjacent to an activating group) is 1. The number of hydrogen-bond acceptors (Lipinski definition) is 16. The van der Waals surface area contributed by atoms with Crippen LogP contribution in [0.15, 0.2) is 15.7 Å². The van der Waals surface area contributed by atoms with Crippen molar-refractivity contribution in [1.29, 1.82) is 0 Å². The van der Waals surface area contributed by atoms with Gasteiger partial charge in [0.2, 0.25) is 11.8 Å². The summed E-state index contributed by atoms with van der Waals surface area (Å²) < 4.78 is 31.5. The first kappa shape index (κ1) is 51.5. The first-order valence-electron chi connectivity index (χ1n) is 23.5. The van der Waals surface area contributed by atoms with Crippen LogP contribution in [0.4, 0.5) is 0 Å². The number of ether oxygens (including phenoxy) is 5. The minimum atomic E-state index is -1.37. The van der Waals surface area contributed by atoms with Crippen LogP contribution in [-0.2, 0) is 38.1 Å². The molecule has 10 N–H and O–H groups in total. The van der Waals surface area contributed by atoms with Gasteiger partial charge < -0.3 is 75.1 Å². The van der Waals surface area contributed by atoms with E-state index >= 15 is 0 Å². The molecule has 0 spiro atoms. The topological polar surface area (TPSA) is 321 Å². The third-order valence-electron chi connectivity index (χ3n) is 13.6. The van der Waals surface area contributed by atoms with Gasteiger partial charge in [0.05, 0.1) is 43.2 Å². The van der Waals surface area contributed by atoms with Crippen molar-refractivity contribution in [3.63, 3.8) is 0 Å². The summed E-state index contributed by atoms with van der Waals surface area (Å²) in [7, 11) is 3.24. The van der Waals surface area contributed by atoms with Crippen LogP contribution >= 0.6 is 0 Å². The Bertz CT molecular complexity index is 1860. The number of amides is 4. The Kier molecular flexibility index (Phi) is 18.7. The molecular formula is C44H70N6O16. The van der Waals surface area contributed by atoms with Crippen LogP contribution < -0.4 is 27.2 Å². The molecule has 5 fully saturated rings. The van der Waals surface area contributed by atoms with Gasteiger partial charge in [0.15, 0.2) is 12.6 Å². The Balaban J connectivity index is 1.26. The molecule has 3 saturated carbocycles. The molecular weight excluding hydrogens is 869 g/mol. The fourth-order valence-electron chi connectivity index (χ4n) is 9.85. The Morgan fingerprint density at radius 1 is 0.818 bits per heavy atom. The lowest BCUT2D eigenvalue weighted by atomic mass is 9.80. The molecule has 6 rings (SSSR count). The summed E-state index contributed by atoms with van der Waals surface area (Å²) in [6, 6.07) is -0.269. The van der Waals surface area contributed by atoms with Gasteiger partial charge in [-0.3, -0.25) is 29.0 Å². The first-order chi connectivity index (χ1) is 31.5. The van der Waals surface area contributed by atoms with Gasteiger partial charge in [-0.2, -0.15) is 0 Å². The first-order valence-corrected chi connectivity index (χ1v) is 23.5. The Morgan fingerprint density at radius 3 is 2.15 bits per heavy atom. The van der Waals surface area contributed by atoms with E-state index in [1.807, 2.05) is 4.98 Å². The molecule has 13 atom stereocenters. The fraction of sp³-hybridized carbons (Fsp3) is 0.818. The molecule has 22 heteroatoms. The highest BCUT2D eigenvalue weighted by molar-refractivity contribution is 5.92. The molecule has 0 unspecified atom stereocenters. The van der Waals surface area contributed by atoms with Crippen molar-refractivity contribution in [2.75, 3.05) is 33.8 Å². The number of hydrogen-bond donors (Lipinski definition) is 10. The van der Waals surface area contributed by atoms with Crippen LogP contribution in [-0.4, -0.2) is 177 Å². The van der Waals surface area contributed by atoms with Gasteiger partial charge in [0.1, 0.15) is 36.2 Å². The van der Waals surface area contributed by atoms with E-state index in [1.165, 1.54) is 4.90 Å². The largest absolute Gasteiger partial charge is 0.394 e. The maximum atomic E-state index is 14.0. The molecule has 1 aromatic rings. The Labute approximate surface area is 382 Å². The molecule has 5 aliphatic rings. The van der Waals surface area contributed by atoms with Crippen LogP contribution in [0.3, 0.4) is 0 Å². The lowest BCUT2D eigenvalue weighted by Gasteiger charge is -2.47. The number of carbonyl (C=O) groups excluding carboxylic acids is 4. The van der Waals surface area contributed by atoms with Gasteiger partial charge >= 0.3 is 5.69 Å². The minimum absolute atomic E-state index is 0.0454. The van der Waals surface area contributed by atoms with Crippen molar-refractivity contribution in [3.8, 4) is 0 Å². The number of aromatic amines is 2. The second-order valence-corrected chi connectivity index (χ2v) is 18.8. The molecule has 3 aliphatic carbocycles. The zero-order valence-corrected chi connectivity index (χ0v) is 38.0. The van der Waals surface area contributed by atoms with Gasteiger partial charge in [-0.15, -0.1) is 0 Å². The van der Waals surface area contributed by atoms with Crippen LogP contribution in [0.25, 0.3) is 0 Å². The summed E-state index contributed by atoms with van der Waals surface area (Å²) in [6.45, 7) is 1.09. The minimum Gasteiger partial charge on any atom is -0.394 e. The molecule has 66 heavy (non-hydrogen) atoms. The summed E-state index contributed by atoms with van der Waals surface area (Å²) in [5.74, 6) is -2.78. The summed E-state index contributed by atoms with van der Waals surface area (Å²) in [5, 5.41) is 61.6. The van der Waals surface area contributed by atoms with Crippen LogP contribution in [0.5, 0.6) is 0 Å². The summed E-state index contributed by atoms with van der Waals surface area (Å²) in [5.41, 5.74) is -2.19. The summed E-state index contributed by atoms with van der Waals surface area (Å²) >= 11 is 0. The summed E-state index contributed by atoms with van der Waals surface area (Å²) in [6.07, 6.45) is -6.00. The van der Waals surface area contributed by atoms with Crippen molar-refractivity contribution in [3.05, 3.63) is 32.6 Å². The highest BCUT2D eigenvalue weighted by atomic mass is 16.7. The molecule has 3 heterocycles. The standard InChI is InChI=1S/C44H70N6O16/c1-22-29(53)19-30(54)43(62-22)66-38-27(47-41(59)28-18-35(55)49-44(61)48-28)16-25(40(58)46-14-13-45-39(57)24-9-11-26(52)12-10-24)17-32(38)64-36-20-31(37(56)34(21-51)65-36)63-33(42(60)50(2)3)15-23-7-5-4-6-8-23/h18,22-27,29-34,36-38,43,51-54,56H,4-17,19-21H2,1-3H3,(H,45,57)(H,46,58)(H,47,59)(H2,48,49,55,61)/t22-,24-,25+,26-,27-,29-,30-,31+,32+,33-,34+,36+,37+,38+,43-/m0/s1. The van der Waals surface area contributed by atoms with Gasteiger partial charge in [-0.05, 0) is 57.8 Å². The Morgan fingerprint density at radius 2 is 1.50 bits per heavy atom. The van der Waals surface area contributed by atoms with E-state index in [1.54, 1.807) is 21.0 Å². The van der Waals surface area contributed by atoms with E-state index in [0.29, 0.717) is 32.1 Å². The van der Waals surface area contributed by atoms with Crippen molar-refractivity contribution >= 4 is 23.6 Å². The molecule has 1 aromatic heterocycles. The lowest BCUT2D eigenvalue weighted by Crippen LogP contribution is -2.61. The van der Waals surface area contributed by atoms with E-state index < -0.39 is 121 Å². The van der Waals surface area contributed by atoms with E-state index in [2.05, 4.69) is 20.9 Å². The number of carbonyl (C=O) groups is 4. The van der Waals surface area contributed by atoms with Crippen LogP contribution in [0, 0.1) is 17.8 Å². The smallest absolute Gasteiger partial charge is 0.326 e. The quantitative estimate of drug-likeness (QED) is 0.0776. The second kappa shape index (κ2) is 23.9. The van der Waals surface area contributed by atoms with Gasteiger partial charge in [0.25, 0.3) is 17.4 Å². The normalized spacial score (nSPS) is 34.7. The number of aliphatic hydroxyl groups is 5. The molecule has 0 bridgehead atoms. The maximum absolute atomic E-state index is 14.0. The van der Waals surface area contributed by atoms with Crippen LogP contribution in [0.2, 0.25) is 0 Å². The van der Waals surface area contributed by atoms with Gasteiger partial charge in [-0.25, -0.2) is 4.79 Å². The van der Waals surface area contributed by atoms with Crippen molar-refractivity contribution in [2.45, 2.75) is 176 Å². The van der Waals surface area contributed by atoms with Crippen molar-refractivity contribution in [2.24, 2.45) is 17.8 Å². The van der Waals surface area contributed by atoms with Gasteiger partial charge in [0, 0.05) is 57.9 Å². The van der Waals surface area contributed by atoms with Gasteiger partial charge in [-0.1, -0.05) is 32.1 Å². The number of H-pyrrole nitrogens is 2. The molecule has 0 aromatic carbocycles. The number of rotatable bonds is 17.